The lowest BCUT2D eigenvalue weighted by Gasteiger charge is -2.49. The molecule has 1 unspecified atom stereocenters. The summed E-state index contributed by atoms with van der Waals surface area (Å²) in [7, 11) is 0. The first-order chi connectivity index (χ1) is 17.8. The van der Waals surface area contributed by atoms with Crippen molar-refractivity contribution < 1.29 is 24.7 Å². The average Bonchev–Trinajstić information content (AvgIpc) is 2.88. The third-order valence-electron chi connectivity index (χ3n) is 5.36. The van der Waals surface area contributed by atoms with E-state index in [2.05, 4.69) is 20.4 Å². The number of carboxylic acid groups (broad SMARTS) is 1. The van der Waals surface area contributed by atoms with Gasteiger partial charge in [-0.25, -0.2) is 9.78 Å². The van der Waals surface area contributed by atoms with Crippen LogP contribution in [0.5, 0.6) is 0 Å². The van der Waals surface area contributed by atoms with E-state index in [0.29, 0.717) is 23.0 Å². The second kappa shape index (κ2) is 11.9. The first-order valence-electron chi connectivity index (χ1n) is 10.9. The van der Waals surface area contributed by atoms with Gasteiger partial charge in [-0.05, 0) is 23.8 Å². The predicted octanol–water partition coefficient (Wildman–Crippen LogP) is 0.917. The molecule has 0 aliphatic carbocycles. The fraction of sp³-hybridized carbons (Fsp3) is 0.273. The van der Waals surface area contributed by atoms with Crippen LogP contribution in [0.2, 0.25) is 0 Å². The SMILES string of the molecule is NCCSCc1cnccc1SC1=C(C(=O)O)N2C(=O)[C@@H](NC(=O)/C(=N\O)c3cccc(N)n3)C2SC1. The first kappa shape index (κ1) is 26.8. The van der Waals surface area contributed by atoms with Gasteiger partial charge in [0.1, 0.15) is 28.6 Å². The third kappa shape index (κ3) is 5.69. The molecule has 0 radical (unpaired) electrons. The molecule has 0 aromatic carbocycles. The molecule has 194 valence electrons. The van der Waals surface area contributed by atoms with Gasteiger partial charge in [0.2, 0.25) is 0 Å². The van der Waals surface area contributed by atoms with Crippen LogP contribution in [0.4, 0.5) is 5.82 Å². The fourth-order valence-electron chi connectivity index (χ4n) is 3.70. The molecule has 1 saturated heterocycles. The van der Waals surface area contributed by atoms with E-state index >= 15 is 0 Å². The van der Waals surface area contributed by atoms with E-state index in [1.54, 1.807) is 24.2 Å². The number of hydrogen-bond acceptors (Lipinski definition) is 12. The minimum atomic E-state index is -1.24. The second-order valence-electron chi connectivity index (χ2n) is 7.76. The molecule has 7 N–H and O–H groups in total. The van der Waals surface area contributed by atoms with E-state index < -0.39 is 34.9 Å². The molecule has 2 atom stereocenters. The largest absolute Gasteiger partial charge is 0.477 e. The van der Waals surface area contributed by atoms with E-state index in [4.69, 9.17) is 11.5 Å². The number of amides is 2. The summed E-state index contributed by atoms with van der Waals surface area (Å²) in [6.07, 6.45) is 3.37. The van der Waals surface area contributed by atoms with Crippen LogP contribution in [0.1, 0.15) is 11.3 Å². The topological polar surface area (TPSA) is 197 Å². The number of thioether (sulfide) groups is 3. The molecule has 2 amide bonds. The van der Waals surface area contributed by atoms with Gasteiger partial charge < -0.3 is 27.1 Å². The Bertz CT molecular complexity index is 1290. The lowest BCUT2D eigenvalue weighted by molar-refractivity contribution is -0.150. The zero-order valence-electron chi connectivity index (χ0n) is 19.2. The number of nitrogens with one attached hydrogen (secondary N) is 1. The summed E-state index contributed by atoms with van der Waals surface area (Å²) in [6.45, 7) is 0.552. The van der Waals surface area contributed by atoms with Crippen molar-refractivity contribution >= 4 is 64.6 Å². The summed E-state index contributed by atoms with van der Waals surface area (Å²) in [6, 6.07) is 5.29. The number of hydrogen-bond donors (Lipinski definition) is 5. The summed E-state index contributed by atoms with van der Waals surface area (Å²) >= 11 is 4.27. The van der Waals surface area contributed by atoms with E-state index in [9.17, 15) is 24.7 Å². The number of carbonyl (C=O) groups is 3. The smallest absolute Gasteiger partial charge is 0.353 e. The number of aliphatic carboxylic acids is 1. The standard InChI is InChI=1S/C22H23N7O5S3/c23-5-7-35-9-11-8-25-6-4-13(11)37-14-10-36-21-17(20(31)29(21)18(14)22(32)33)27-19(30)16(28-34)12-2-1-3-15(24)26-12/h1-4,6,8,17,21,34H,5,7,9-10,23H2,(H2,24,26)(H,27,30)(H,32,33)/b28-16-/t17-,21?/m1/s1. The molecule has 0 saturated carbocycles. The summed E-state index contributed by atoms with van der Waals surface area (Å²) in [4.78, 5) is 48.7. The van der Waals surface area contributed by atoms with Gasteiger partial charge in [0.05, 0.1) is 0 Å². The summed E-state index contributed by atoms with van der Waals surface area (Å²) in [5, 5.41) is 24.3. The van der Waals surface area contributed by atoms with Crippen LogP contribution in [0.15, 0.2) is 57.3 Å². The number of nitrogens with zero attached hydrogens (tertiary/aromatic N) is 4. The van der Waals surface area contributed by atoms with Crippen molar-refractivity contribution in [2.45, 2.75) is 22.1 Å². The number of nitrogens with two attached hydrogens (primary N) is 2. The van der Waals surface area contributed by atoms with Gasteiger partial charge in [0.25, 0.3) is 11.8 Å². The number of aromatic nitrogens is 2. The zero-order chi connectivity index (χ0) is 26.5. The summed E-state index contributed by atoms with van der Waals surface area (Å²) in [5.41, 5.74) is 11.7. The van der Waals surface area contributed by atoms with Gasteiger partial charge in [-0.2, -0.15) is 11.8 Å². The number of carboxylic acids is 1. The molecular weight excluding hydrogens is 538 g/mol. The van der Waals surface area contributed by atoms with Crippen molar-refractivity contribution in [3.8, 4) is 0 Å². The van der Waals surface area contributed by atoms with Crippen LogP contribution in [0.25, 0.3) is 0 Å². The number of nitrogen functional groups attached to an aromatic ring is 1. The maximum atomic E-state index is 13.0. The Morgan fingerprint density at radius 2 is 2.14 bits per heavy atom. The Balaban J connectivity index is 1.52. The van der Waals surface area contributed by atoms with E-state index in [1.807, 2.05) is 6.07 Å². The highest BCUT2D eigenvalue weighted by Crippen LogP contribution is 2.45. The molecule has 2 aliphatic heterocycles. The number of rotatable bonds is 10. The van der Waals surface area contributed by atoms with Crippen molar-refractivity contribution in [1.82, 2.24) is 20.2 Å². The molecule has 12 nitrogen and oxygen atoms in total. The first-order valence-corrected chi connectivity index (χ1v) is 13.9. The Morgan fingerprint density at radius 3 is 2.84 bits per heavy atom. The highest BCUT2D eigenvalue weighted by Gasteiger charge is 2.54. The maximum absolute atomic E-state index is 13.0. The van der Waals surface area contributed by atoms with Crippen LogP contribution in [0, 0.1) is 0 Å². The quantitative estimate of drug-likeness (QED) is 0.0905. The highest BCUT2D eigenvalue weighted by atomic mass is 32.2. The molecule has 2 aliphatic rings. The Kier molecular flexibility index (Phi) is 8.58. The van der Waals surface area contributed by atoms with Crippen molar-refractivity contribution in [2.24, 2.45) is 10.9 Å². The van der Waals surface area contributed by atoms with Crippen LogP contribution in [-0.2, 0) is 20.1 Å². The van der Waals surface area contributed by atoms with E-state index in [1.165, 1.54) is 46.6 Å². The molecule has 37 heavy (non-hydrogen) atoms. The highest BCUT2D eigenvalue weighted by molar-refractivity contribution is 8.06. The fourth-order valence-corrected chi connectivity index (χ4v) is 7.11. The molecule has 2 aromatic rings. The lowest BCUT2D eigenvalue weighted by atomic mass is 10.0. The number of fused-ring (bicyclic) bond motifs is 1. The number of carbonyl (C=O) groups excluding carboxylic acids is 2. The zero-order valence-corrected chi connectivity index (χ0v) is 21.7. The molecule has 15 heteroatoms. The minimum absolute atomic E-state index is 0.0301. The molecule has 2 aromatic heterocycles. The van der Waals surface area contributed by atoms with Gasteiger partial charge in [0.15, 0.2) is 5.71 Å². The minimum Gasteiger partial charge on any atom is -0.477 e. The monoisotopic (exact) mass is 561 g/mol. The van der Waals surface area contributed by atoms with Gasteiger partial charge in [-0.1, -0.05) is 23.0 Å². The van der Waals surface area contributed by atoms with Gasteiger partial charge in [-0.15, -0.1) is 11.8 Å². The van der Waals surface area contributed by atoms with Gasteiger partial charge in [-0.3, -0.25) is 19.5 Å². The number of anilines is 1. The van der Waals surface area contributed by atoms with Crippen molar-refractivity contribution in [1.29, 1.82) is 0 Å². The molecular formula is C22H23N7O5S3. The lowest BCUT2D eigenvalue weighted by Crippen LogP contribution is -2.71. The number of β-lactam (4-membered cyclic amide) rings is 1. The molecule has 4 rings (SSSR count). The van der Waals surface area contributed by atoms with Crippen LogP contribution >= 0.6 is 35.3 Å². The molecule has 0 spiro atoms. The Hall–Kier alpha value is -3.27. The molecule has 1 fully saturated rings. The van der Waals surface area contributed by atoms with Crippen LogP contribution in [-0.4, -0.2) is 78.1 Å². The van der Waals surface area contributed by atoms with Gasteiger partial charge in [0, 0.05) is 46.0 Å². The van der Waals surface area contributed by atoms with Gasteiger partial charge >= 0.3 is 5.97 Å². The second-order valence-corrected chi connectivity index (χ2v) is 11.1. The third-order valence-corrected chi connectivity index (χ3v) is 9.07. The number of oxime groups is 1. The van der Waals surface area contributed by atoms with Crippen LogP contribution in [0.3, 0.4) is 0 Å². The van der Waals surface area contributed by atoms with Crippen molar-refractivity contribution in [3.63, 3.8) is 0 Å². The Morgan fingerprint density at radius 1 is 1.32 bits per heavy atom. The number of pyridine rings is 2. The van der Waals surface area contributed by atoms with Crippen LogP contribution < -0.4 is 16.8 Å². The average molecular weight is 562 g/mol. The molecule has 4 heterocycles. The predicted molar refractivity (Wildman–Crippen MR) is 142 cm³/mol. The Labute approximate surface area is 224 Å². The van der Waals surface area contributed by atoms with E-state index in [-0.39, 0.29) is 17.2 Å². The summed E-state index contributed by atoms with van der Waals surface area (Å²) in [5.74, 6) is -0.749. The maximum Gasteiger partial charge on any atom is 0.353 e. The van der Waals surface area contributed by atoms with Crippen molar-refractivity contribution in [3.05, 3.63) is 58.5 Å². The molecule has 0 bridgehead atoms. The van der Waals surface area contributed by atoms with Crippen molar-refractivity contribution in [2.75, 3.05) is 23.8 Å². The normalized spacial score (nSPS) is 19.3. The summed E-state index contributed by atoms with van der Waals surface area (Å²) < 4.78 is 0. The van der Waals surface area contributed by atoms with E-state index in [0.717, 1.165) is 16.2 Å².